The van der Waals surface area contributed by atoms with Crippen LogP contribution in [0, 0.1) is 6.92 Å². The molecule has 2 rings (SSSR count). The number of aromatic nitrogens is 1. The molecule has 0 unspecified atom stereocenters. The fourth-order valence-corrected chi connectivity index (χ4v) is 3.72. The lowest BCUT2D eigenvalue weighted by Gasteiger charge is -2.33. The molecule has 1 atom stereocenters. The summed E-state index contributed by atoms with van der Waals surface area (Å²) in [7, 11) is 0. The van der Waals surface area contributed by atoms with Crippen LogP contribution in [0.5, 0.6) is 0 Å². The van der Waals surface area contributed by atoms with Crippen molar-refractivity contribution in [3.8, 4) is 0 Å². The summed E-state index contributed by atoms with van der Waals surface area (Å²) in [6.07, 6.45) is 6.93. The summed E-state index contributed by atoms with van der Waals surface area (Å²) in [5.41, 5.74) is 7.06. The van der Waals surface area contributed by atoms with E-state index < -0.39 is 0 Å². The lowest BCUT2D eigenvalue weighted by molar-refractivity contribution is 0.178. The maximum atomic E-state index is 5.80. The van der Waals surface area contributed by atoms with Gasteiger partial charge in [0.25, 0.3) is 0 Å². The SMILES string of the molecule is [CH2]CCCN(CCC)[C@H]1CCc2nc(N)sc2C1. The van der Waals surface area contributed by atoms with Gasteiger partial charge in [0.2, 0.25) is 0 Å². The zero-order valence-corrected chi connectivity index (χ0v) is 12.1. The molecule has 0 aromatic carbocycles. The first-order chi connectivity index (χ1) is 8.74. The topological polar surface area (TPSA) is 42.2 Å². The first kappa shape index (κ1) is 13.8. The van der Waals surface area contributed by atoms with E-state index in [2.05, 4.69) is 23.7 Å². The Morgan fingerprint density at radius 2 is 2.33 bits per heavy atom. The molecule has 101 valence electrons. The molecule has 3 nitrogen and oxygen atoms in total. The molecule has 0 saturated heterocycles. The van der Waals surface area contributed by atoms with Gasteiger partial charge >= 0.3 is 0 Å². The summed E-state index contributed by atoms with van der Waals surface area (Å²) in [6, 6.07) is 0.684. The van der Waals surface area contributed by atoms with Gasteiger partial charge in [0.05, 0.1) is 5.69 Å². The number of thiazole rings is 1. The Bertz CT molecular complexity index is 375. The fourth-order valence-electron chi connectivity index (χ4n) is 2.77. The number of unbranched alkanes of at least 4 members (excludes halogenated alkanes) is 1. The van der Waals surface area contributed by atoms with Crippen LogP contribution in [0.3, 0.4) is 0 Å². The molecule has 1 aliphatic rings. The molecule has 18 heavy (non-hydrogen) atoms. The van der Waals surface area contributed by atoms with Crippen LogP contribution in [0.4, 0.5) is 5.13 Å². The second-order valence-corrected chi connectivity index (χ2v) is 6.18. The fraction of sp³-hybridized carbons (Fsp3) is 0.714. The average molecular weight is 266 g/mol. The monoisotopic (exact) mass is 266 g/mol. The summed E-state index contributed by atoms with van der Waals surface area (Å²) in [4.78, 5) is 8.48. The Morgan fingerprint density at radius 1 is 1.50 bits per heavy atom. The van der Waals surface area contributed by atoms with Crippen LogP contribution in [0.2, 0.25) is 0 Å². The number of rotatable bonds is 6. The highest BCUT2D eigenvalue weighted by molar-refractivity contribution is 7.15. The van der Waals surface area contributed by atoms with Crippen molar-refractivity contribution in [3.63, 3.8) is 0 Å². The maximum absolute atomic E-state index is 5.80. The normalized spacial score (nSPS) is 19.2. The molecule has 1 radical (unpaired) electrons. The highest BCUT2D eigenvalue weighted by Crippen LogP contribution is 2.30. The second-order valence-electron chi connectivity index (χ2n) is 5.06. The van der Waals surface area contributed by atoms with Crippen molar-refractivity contribution >= 4 is 16.5 Å². The molecule has 0 aliphatic heterocycles. The number of anilines is 1. The standard InChI is InChI=1S/C14H24N3S/c1-3-5-9-17(8-4-2)11-6-7-12-13(10-11)18-14(15)16-12/h11H,1,3-10H2,2H3,(H2,15,16)/t11-/m0/s1. The molecule has 4 heteroatoms. The average Bonchev–Trinajstić information content (AvgIpc) is 2.73. The van der Waals surface area contributed by atoms with Gasteiger partial charge in [-0.1, -0.05) is 20.3 Å². The molecule has 0 bridgehead atoms. The van der Waals surface area contributed by atoms with Crippen LogP contribution < -0.4 is 5.73 Å². The van der Waals surface area contributed by atoms with Crippen molar-refractivity contribution in [2.75, 3.05) is 18.8 Å². The van der Waals surface area contributed by atoms with Crippen LogP contribution in [0.1, 0.15) is 43.2 Å². The highest BCUT2D eigenvalue weighted by atomic mass is 32.1. The third kappa shape index (κ3) is 3.23. The van der Waals surface area contributed by atoms with Crippen LogP contribution >= 0.6 is 11.3 Å². The lowest BCUT2D eigenvalue weighted by atomic mass is 9.96. The highest BCUT2D eigenvalue weighted by Gasteiger charge is 2.25. The number of hydrogen-bond donors (Lipinski definition) is 1. The van der Waals surface area contributed by atoms with Gasteiger partial charge in [0.1, 0.15) is 0 Å². The molecular formula is C14H24N3S. The Kier molecular flexibility index (Phi) is 5.01. The first-order valence-electron chi connectivity index (χ1n) is 7.02. The Labute approximate surface area is 114 Å². The summed E-state index contributed by atoms with van der Waals surface area (Å²) in [6.45, 7) is 8.60. The zero-order chi connectivity index (χ0) is 13.0. The zero-order valence-electron chi connectivity index (χ0n) is 11.3. The molecule has 0 spiro atoms. The minimum atomic E-state index is 0.684. The first-order valence-corrected chi connectivity index (χ1v) is 7.83. The summed E-state index contributed by atoms with van der Waals surface area (Å²) >= 11 is 1.68. The molecule has 1 aromatic heterocycles. The smallest absolute Gasteiger partial charge is 0.180 e. The third-order valence-corrected chi connectivity index (χ3v) is 4.60. The second kappa shape index (κ2) is 6.53. The van der Waals surface area contributed by atoms with Gasteiger partial charge in [-0.2, -0.15) is 0 Å². The number of fused-ring (bicyclic) bond motifs is 1. The van der Waals surface area contributed by atoms with Gasteiger partial charge in [0, 0.05) is 10.9 Å². The Morgan fingerprint density at radius 3 is 3.06 bits per heavy atom. The number of nitrogens with zero attached hydrogens (tertiary/aromatic N) is 2. The minimum Gasteiger partial charge on any atom is -0.375 e. The van der Waals surface area contributed by atoms with Gasteiger partial charge in [-0.05, 0) is 45.2 Å². The molecule has 0 saturated carbocycles. The van der Waals surface area contributed by atoms with Crippen LogP contribution in [0.15, 0.2) is 0 Å². The Balaban J connectivity index is 2.00. The van der Waals surface area contributed by atoms with Gasteiger partial charge in [-0.3, -0.25) is 0 Å². The quantitative estimate of drug-likeness (QED) is 0.861. The van der Waals surface area contributed by atoms with Crippen molar-refractivity contribution in [1.29, 1.82) is 0 Å². The van der Waals surface area contributed by atoms with E-state index in [0.29, 0.717) is 6.04 Å². The van der Waals surface area contributed by atoms with E-state index in [-0.39, 0.29) is 0 Å². The molecule has 0 amide bonds. The number of aryl methyl sites for hydroxylation is 1. The van der Waals surface area contributed by atoms with E-state index in [1.807, 2.05) is 0 Å². The van der Waals surface area contributed by atoms with E-state index in [9.17, 15) is 0 Å². The molecule has 0 fully saturated rings. The van der Waals surface area contributed by atoms with Gasteiger partial charge in [0.15, 0.2) is 5.13 Å². The van der Waals surface area contributed by atoms with Gasteiger partial charge < -0.3 is 10.6 Å². The van der Waals surface area contributed by atoms with E-state index in [1.165, 1.54) is 42.9 Å². The van der Waals surface area contributed by atoms with Gasteiger partial charge in [-0.25, -0.2) is 4.98 Å². The maximum Gasteiger partial charge on any atom is 0.180 e. The van der Waals surface area contributed by atoms with Crippen molar-refractivity contribution < 1.29 is 0 Å². The van der Waals surface area contributed by atoms with Crippen LogP contribution in [-0.2, 0) is 12.8 Å². The minimum absolute atomic E-state index is 0.684. The van der Waals surface area contributed by atoms with Crippen molar-refractivity contribution in [1.82, 2.24) is 9.88 Å². The van der Waals surface area contributed by atoms with E-state index in [4.69, 9.17) is 5.73 Å². The third-order valence-electron chi connectivity index (χ3n) is 3.65. The largest absolute Gasteiger partial charge is 0.375 e. The summed E-state index contributed by atoms with van der Waals surface area (Å²) in [5, 5.41) is 0.737. The summed E-state index contributed by atoms with van der Waals surface area (Å²) in [5.74, 6) is 0. The molecule has 1 heterocycles. The van der Waals surface area contributed by atoms with Gasteiger partial charge in [-0.15, -0.1) is 11.3 Å². The molecule has 1 aliphatic carbocycles. The van der Waals surface area contributed by atoms with Crippen LogP contribution in [0.25, 0.3) is 0 Å². The van der Waals surface area contributed by atoms with Crippen molar-refractivity contribution in [3.05, 3.63) is 17.5 Å². The number of hydrogen-bond acceptors (Lipinski definition) is 4. The van der Waals surface area contributed by atoms with Crippen molar-refractivity contribution in [2.45, 2.75) is 51.5 Å². The predicted molar refractivity (Wildman–Crippen MR) is 78.8 cm³/mol. The molecule has 2 N–H and O–H groups in total. The number of nitrogens with two attached hydrogens (primary N) is 1. The Hall–Kier alpha value is -0.610. The van der Waals surface area contributed by atoms with E-state index >= 15 is 0 Å². The summed E-state index contributed by atoms with van der Waals surface area (Å²) < 4.78 is 0. The number of nitrogen functional groups attached to an aromatic ring is 1. The van der Waals surface area contributed by atoms with Crippen molar-refractivity contribution in [2.24, 2.45) is 0 Å². The van der Waals surface area contributed by atoms with Crippen LogP contribution in [-0.4, -0.2) is 29.0 Å². The molecular weight excluding hydrogens is 242 g/mol. The van der Waals surface area contributed by atoms with E-state index in [0.717, 1.165) is 24.4 Å². The van der Waals surface area contributed by atoms with E-state index in [1.54, 1.807) is 11.3 Å². The molecule has 1 aromatic rings. The lowest BCUT2D eigenvalue weighted by Crippen LogP contribution is -2.40. The predicted octanol–water partition coefficient (Wildman–Crippen LogP) is 2.91.